The number of allylic oxidation sites excluding steroid dienone is 2. The molecule has 0 saturated carbocycles. The highest BCUT2D eigenvalue weighted by Crippen LogP contribution is 2.23. The van der Waals surface area contributed by atoms with Gasteiger partial charge in [0.1, 0.15) is 0 Å². The fraction of sp³-hybridized carbons (Fsp3) is 0.400. The van der Waals surface area contributed by atoms with Crippen molar-refractivity contribution in [1.29, 1.82) is 0 Å². The molecular weight excluding hydrogens is 224 g/mol. The molecule has 0 aromatic heterocycles. The summed E-state index contributed by atoms with van der Waals surface area (Å²) >= 11 is 0. The first-order valence-electron chi connectivity index (χ1n) is 6.07. The Morgan fingerprint density at radius 1 is 1.06 bits per heavy atom. The molecule has 1 aromatic rings. The topological polar surface area (TPSA) is 17.1 Å². The van der Waals surface area contributed by atoms with Crippen LogP contribution in [0.2, 0.25) is 25.7 Å². The molecule has 0 N–H and O–H groups in total. The van der Waals surface area contributed by atoms with Crippen LogP contribution in [0.1, 0.15) is 24.2 Å². The fourth-order valence-corrected chi connectivity index (χ4v) is 3.35. The van der Waals surface area contributed by atoms with Crippen LogP contribution in [0.4, 0.5) is 0 Å². The molecule has 0 unspecified atom stereocenters. The predicted molar refractivity (Wildman–Crippen MR) is 77.3 cm³/mol. The quantitative estimate of drug-likeness (QED) is 0.433. The van der Waals surface area contributed by atoms with E-state index in [-0.39, 0.29) is 5.78 Å². The van der Waals surface area contributed by atoms with Crippen molar-refractivity contribution >= 4 is 13.9 Å². The minimum atomic E-state index is -1.26. The van der Waals surface area contributed by atoms with Crippen molar-refractivity contribution in [2.24, 2.45) is 0 Å². The Morgan fingerprint density at radius 2 is 1.59 bits per heavy atom. The smallest absolute Gasteiger partial charge is 0.188 e. The van der Waals surface area contributed by atoms with Crippen LogP contribution < -0.4 is 0 Å². The Labute approximate surface area is 106 Å². The van der Waals surface area contributed by atoms with Crippen molar-refractivity contribution in [2.45, 2.75) is 39.5 Å². The molecule has 0 fully saturated rings. The van der Waals surface area contributed by atoms with Crippen molar-refractivity contribution in [3.05, 3.63) is 47.0 Å². The summed E-state index contributed by atoms with van der Waals surface area (Å²) in [4.78, 5) is 12.4. The van der Waals surface area contributed by atoms with Crippen LogP contribution in [0.15, 0.2) is 41.5 Å². The minimum Gasteiger partial charge on any atom is -0.289 e. The highest BCUT2D eigenvalue weighted by atomic mass is 28.3. The molecule has 0 spiro atoms. The monoisotopic (exact) mass is 246 g/mol. The Balaban J connectivity index is 3.03. The van der Waals surface area contributed by atoms with Crippen LogP contribution >= 0.6 is 0 Å². The first kappa shape index (κ1) is 13.9. The summed E-state index contributed by atoms with van der Waals surface area (Å²) in [6.07, 6.45) is 0. The van der Waals surface area contributed by atoms with E-state index >= 15 is 0 Å². The number of rotatable bonds is 4. The van der Waals surface area contributed by atoms with Gasteiger partial charge < -0.3 is 0 Å². The lowest BCUT2D eigenvalue weighted by molar-refractivity contribution is 0.103. The van der Waals surface area contributed by atoms with Gasteiger partial charge in [0, 0.05) is 13.6 Å². The summed E-state index contributed by atoms with van der Waals surface area (Å²) in [5, 5.41) is 0. The average molecular weight is 246 g/mol. The van der Waals surface area contributed by atoms with E-state index in [9.17, 15) is 4.79 Å². The zero-order valence-electron chi connectivity index (χ0n) is 11.5. The van der Waals surface area contributed by atoms with Gasteiger partial charge in [0.2, 0.25) is 0 Å². The Hall–Kier alpha value is -1.15. The number of hydrogen-bond acceptors (Lipinski definition) is 1. The molecule has 2 heteroatoms. The fourth-order valence-electron chi connectivity index (χ4n) is 1.78. The molecule has 0 aliphatic carbocycles. The lowest BCUT2D eigenvalue weighted by Crippen LogP contribution is -2.23. The van der Waals surface area contributed by atoms with Gasteiger partial charge in [-0.15, -0.1) is 0 Å². The van der Waals surface area contributed by atoms with Gasteiger partial charge in [0.05, 0.1) is 0 Å². The van der Waals surface area contributed by atoms with E-state index in [0.29, 0.717) is 0 Å². The molecule has 1 nitrogen and oxygen atoms in total. The van der Waals surface area contributed by atoms with Gasteiger partial charge in [-0.25, -0.2) is 0 Å². The number of hydrogen-bond donors (Lipinski definition) is 0. The first-order valence-corrected chi connectivity index (χ1v) is 9.78. The average Bonchev–Trinajstić information content (AvgIpc) is 2.25. The third-order valence-electron chi connectivity index (χ3n) is 2.62. The van der Waals surface area contributed by atoms with E-state index in [1.165, 1.54) is 0 Å². The van der Waals surface area contributed by atoms with Crippen LogP contribution in [0.25, 0.3) is 0 Å². The van der Waals surface area contributed by atoms with Gasteiger partial charge >= 0.3 is 0 Å². The van der Waals surface area contributed by atoms with E-state index in [4.69, 9.17) is 0 Å². The number of carbonyl (C=O) groups is 1. The second kappa shape index (κ2) is 5.45. The molecule has 0 heterocycles. The zero-order valence-corrected chi connectivity index (χ0v) is 12.5. The standard InChI is InChI=1S/C15H22OSi/c1-12(2)14(11-17(3,4)5)15(16)13-9-7-6-8-10-13/h6-10H,11H2,1-5H3. The van der Waals surface area contributed by atoms with Crippen LogP contribution in [-0.4, -0.2) is 13.9 Å². The molecule has 17 heavy (non-hydrogen) atoms. The SMILES string of the molecule is CC(C)=C(C[Si](C)(C)C)C(=O)c1ccccc1. The molecular formula is C15H22OSi. The Bertz CT molecular complexity index is 420. The van der Waals surface area contributed by atoms with Crippen LogP contribution in [-0.2, 0) is 0 Å². The molecule has 0 amide bonds. The molecule has 0 saturated heterocycles. The maximum Gasteiger partial charge on any atom is 0.188 e. The van der Waals surface area contributed by atoms with Crippen molar-refractivity contribution in [1.82, 2.24) is 0 Å². The van der Waals surface area contributed by atoms with Gasteiger partial charge in [-0.3, -0.25) is 4.79 Å². The number of ketones is 1. The third-order valence-corrected chi connectivity index (χ3v) is 4.03. The van der Waals surface area contributed by atoms with Crippen LogP contribution in [0, 0.1) is 0 Å². The molecule has 0 aliphatic heterocycles. The van der Waals surface area contributed by atoms with Crippen molar-refractivity contribution in [3.63, 3.8) is 0 Å². The van der Waals surface area contributed by atoms with Gasteiger partial charge in [-0.1, -0.05) is 55.5 Å². The highest BCUT2D eigenvalue weighted by Gasteiger charge is 2.21. The highest BCUT2D eigenvalue weighted by molar-refractivity contribution is 6.77. The molecule has 1 rings (SSSR count). The summed E-state index contributed by atoms with van der Waals surface area (Å²) in [6.45, 7) is 11.0. The lowest BCUT2D eigenvalue weighted by atomic mass is 10.0. The maximum absolute atomic E-state index is 12.4. The first-order chi connectivity index (χ1) is 7.81. The normalized spacial score (nSPS) is 11.1. The summed E-state index contributed by atoms with van der Waals surface area (Å²) < 4.78 is 0. The van der Waals surface area contributed by atoms with E-state index in [1.807, 2.05) is 44.2 Å². The number of carbonyl (C=O) groups excluding carboxylic acids is 1. The summed E-state index contributed by atoms with van der Waals surface area (Å²) in [7, 11) is -1.26. The van der Waals surface area contributed by atoms with Gasteiger partial charge in [0.15, 0.2) is 5.78 Å². The van der Waals surface area contributed by atoms with E-state index < -0.39 is 8.07 Å². The second-order valence-corrected chi connectivity index (χ2v) is 11.4. The van der Waals surface area contributed by atoms with Crippen molar-refractivity contribution < 1.29 is 4.79 Å². The van der Waals surface area contributed by atoms with E-state index in [1.54, 1.807) is 0 Å². The van der Waals surface area contributed by atoms with Crippen molar-refractivity contribution in [2.75, 3.05) is 0 Å². The molecule has 0 aliphatic rings. The van der Waals surface area contributed by atoms with Gasteiger partial charge in [0.25, 0.3) is 0 Å². The lowest BCUT2D eigenvalue weighted by Gasteiger charge is -2.19. The minimum absolute atomic E-state index is 0.202. The molecule has 92 valence electrons. The van der Waals surface area contributed by atoms with E-state index in [0.717, 1.165) is 22.8 Å². The Morgan fingerprint density at radius 3 is 2.00 bits per heavy atom. The molecule has 0 bridgehead atoms. The zero-order chi connectivity index (χ0) is 13.1. The number of Topliss-reactive ketones (excluding diaryl/α,β-unsaturated/α-hetero) is 1. The van der Waals surface area contributed by atoms with Gasteiger partial charge in [-0.2, -0.15) is 0 Å². The maximum atomic E-state index is 12.4. The predicted octanol–water partition coefficient (Wildman–Crippen LogP) is 4.54. The summed E-state index contributed by atoms with van der Waals surface area (Å²) in [6, 6.07) is 10.5. The molecule has 1 aromatic carbocycles. The summed E-state index contributed by atoms with van der Waals surface area (Å²) in [5.41, 5.74) is 2.97. The summed E-state index contributed by atoms with van der Waals surface area (Å²) in [5.74, 6) is 0.202. The largest absolute Gasteiger partial charge is 0.289 e. The van der Waals surface area contributed by atoms with Crippen molar-refractivity contribution in [3.8, 4) is 0 Å². The third kappa shape index (κ3) is 4.31. The van der Waals surface area contributed by atoms with Crippen LogP contribution in [0.5, 0.6) is 0 Å². The van der Waals surface area contributed by atoms with E-state index in [2.05, 4.69) is 19.6 Å². The van der Waals surface area contributed by atoms with Gasteiger partial charge in [-0.05, 0) is 25.5 Å². The molecule has 0 atom stereocenters. The molecule has 0 radical (unpaired) electrons. The Kier molecular flexibility index (Phi) is 4.46. The number of benzene rings is 1. The van der Waals surface area contributed by atoms with Crippen LogP contribution in [0.3, 0.4) is 0 Å². The second-order valence-electron chi connectivity index (χ2n) is 5.91.